The van der Waals surface area contributed by atoms with Crippen LogP contribution in [-0.2, 0) is 6.42 Å². The molecular weight excluding hydrogens is 224 g/mol. The Kier molecular flexibility index (Phi) is 3.59. The largest absolute Gasteiger partial charge is 0.497 e. The molecule has 0 bridgehead atoms. The van der Waals surface area contributed by atoms with Gasteiger partial charge in [-0.2, -0.15) is 5.26 Å². The lowest BCUT2D eigenvalue weighted by Gasteiger charge is -2.07. The standard InChI is InChI=1S/C15H14N2O/c1-11-12(8-9-16)6-7-15(17-11)13-4-3-5-14(10-13)18-2/h3-7,10H,8H2,1-2H3. The summed E-state index contributed by atoms with van der Waals surface area (Å²) in [5.74, 6) is 0.813. The van der Waals surface area contributed by atoms with Crippen LogP contribution in [0.25, 0.3) is 11.3 Å². The van der Waals surface area contributed by atoms with Crippen LogP contribution in [0.5, 0.6) is 5.75 Å². The highest BCUT2D eigenvalue weighted by Gasteiger charge is 2.04. The summed E-state index contributed by atoms with van der Waals surface area (Å²) in [5, 5.41) is 8.70. The maximum atomic E-state index is 8.70. The molecule has 1 heterocycles. The van der Waals surface area contributed by atoms with Gasteiger partial charge in [-0.3, -0.25) is 4.98 Å². The number of nitrogens with zero attached hydrogens (tertiary/aromatic N) is 2. The second kappa shape index (κ2) is 5.33. The first kappa shape index (κ1) is 12.1. The van der Waals surface area contributed by atoms with E-state index in [2.05, 4.69) is 11.1 Å². The minimum absolute atomic E-state index is 0.400. The van der Waals surface area contributed by atoms with E-state index in [0.717, 1.165) is 28.3 Å². The summed E-state index contributed by atoms with van der Waals surface area (Å²) in [6, 6.07) is 13.8. The van der Waals surface area contributed by atoms with E-state index < -0.39 is 0 Å². The predicted molar refractivity (Wildman–Crippen MR) is 70.3 cm³/mol. The quantitative estimate of drug-likeness (QED) is 0.825. The number of aromatic nitrogens is 1. The molecule has 0 unspecified atom stereocenters. The summed E-state index contributed by atoms with van der Waals surface area (Å²) in [6.07, 6.45) is 0.400. The third kappa shape index (κ3) is 2.49. The van der Waals surface area contributed by atoms with Crippen LogP contribution in [0.4, 0.5) is 0 Å². The van der Waals surface area contributed by atoms with Crippen molar-refractivity contribution in [3.8, 4) is 23.1 Å². The maximum Gasteiger partial charge on any atom is 0.119 e. The molecule has 0 N–H and O–H groups in total. The SMILES string of the molecule is COc1cccc(-c2ccc(CC#N)c(C)n2)c1. The fourth-order valence-electron chi connectivity index (χ4n) is 1.81. The van der Waals surface area contributed by atoms with Gasteiger partial charge in [-0.05, 0) is 30.7 Å². The van der Waals surface area contributed by atoms with E-state index in [0.29, 0.717) is 6.42 Å². The smallest absolute Gasteiger partial charge is 0.119 e. The van der Waals surface area contributed by atoms with E-state index in [-0.39, 0.29) is 0 Å². The van der Waals surface area contributed by atoms with Crippen molar-refractivity contribution in [2.75, 3.05) is 7.11 Å². The van der Waals surface area contributed by atoms with Gasteiger partial charge in [0.05, 0.1) is 25.3 Å². The van der Waals surface area contributed by atoms with Crippen LogP contribution in [-0.4, -0.2) is 12.1 Å². The molecule has 0 amide bonds. The average Bonchev–Trinajstić information content (AvgIpc) is 2.41. The molecule has 0 saturated carbocycles. The molecule has 0 atom stereocenters. The van der Waals surface area contributed by atoms with Gasteiger partial charge in [0.2, 0.25) is 0 Å². The number of rotatable bonds is 3. The summed E-state index contributed by atoms with van der Waals surface area (Å²) in [7, 11) is 1.65. The van der Waals surface area contributed by atoms with E-state index in [1.807, 2.05) is 43.3 Å². The number of pyridine rings is 1. The summed E-state index contributed by atoms with van der Waals surface area (Å²) < 4.78 is 5.20. The Balaban J connectivity index is 2.39. The molecule has 1 aromatic heterocycles. The van der Waals surface area contributed by atoms with Gasteiger partial charge in [-0.15, -0.1) is 0 Å². The molecule has 18 heavy (non-hydrogen) atoms. The third-order valence-corrected chi connectivity index (χ3v) is 2.83. The Morgan fingerprint density at radius 3 is 2.78 bits per heavy atom. The Labute approximate surface area is 107 Å². The van der Waals surface area contributed by atoms with E-state index in [1.54, 1.807) is 7.11 Å². The lowest BCUT2D eigenvalue weighted by molar-refractivity contribution is 0.415. The summed E-state index contributed by atoms with van der Waals surface area (Å²) in [5.41, 5.74) is 3.79. The second-order valence-electron chi connectivity index (χ2n) is 4.01. The average molecular weight is 238 g/mol. The van der Waals surface area contributed by atoms with Crippen LogP contribution in [0, 0.1) is 18.3 Å². The van der Waals surface area contributed by atoms with Crippen molar-refractivity contribution in [3.63, 3.8) is 0 Å². The van der Waals surface area contributed by atoms with Crippen molar-refractivity contribution in [1.82, 2.24) is 4.98 Å². The van der Waals surface area contributed by atoms with Gasteiger partial charge in [-0.1, -0.05) is 18.2 Å². The van der Waals surface area contributed by atoms with Crippen molar-refractivity contribution in [3.05, 3.63) is 47.7 Å². The van der Waals surface area contributed by atoms with Crippen LogP contribution < -0.4 is 4.74 Å². The number of hydrogen-bond acceptors (Lipinski definition) is 3. The minimum Gasteiger partial charge on any atom is -0.497 e. The molecule has 0 spiro atoms. The molecule has 2 rings (SSSR count). The second-order valence-corrected chi connectivity index (χ2v) is 4.01. The zero-order chi connectivity index (χ0) is 13.0. The van der Waals surface area contributed by atoms with Gasteiger partial charge < -0.3 is 4.74 Å². The highest BCUT2D eigenvalue weighted by molar-refractivity contribution is 5.61. The number of methoxy groups -OCH3 is 1. The first-order valence-corrected chi connectivity index (χ1v) is 5.72. The van der Waals surface area contributed by atoms with Crippen molar-refractivity contribution in [2.24, 2.45) is 0 Å². The van der Waals surface area contributed by atoms with Crippen LogP contribution in [0.2, 0.25) is 0 Å². The monoisotopic (exact) mass is 238 g/mol. The van der Waals surface area contributed by atoms with Crippen LogP contribution in [0.1, 0.15) is 11.3 Å². The van der Waals surface area contributed by atoms with Crippen LogP contribution >= 0.6 is 0 Å². The summed E-state index contributed by atoms with van der Waals surface area (Å²) in [4.78, 5) is 4.53. The number of aryl methyl sites for hydroxylation is 1. The van der Waals surface area contributed by atoms with Gasteiger partial charge in [0.1, 0.15) is 5.75 Å². The van der Waals surface area contributed by atoms with E-state index in [4.69, 9.17) is 10.00 Å². The Bertz CT molecular complexity index is 600. The Morgan fingerprint density at radius 2 is 2.11 bits per heavy atom. The molecule has 0 fully saturated rings. The Hall–Kier alpha value is -2.34. The Morgan fingerprint density at radius 1 is 1.28 bits per heavy atom. The minimum atomic E-state index is 0.400. The van der Waals surface area contributed by atoms with E-state index in [9.17, 15) is 0 Å². The number of ether oxygens (including phenoxy) is 1. The molecule has 3 heteroatoms. The van der Waals surface area contributed by atoms with Gasteiger partial charge >= 0.3 is 0 Å². The highest BCUT2D eigenvalue weighted by Crippen LogP contribution is 2.23. The van der Waals surface area contributed by atoms with Crippen molar-refractivity contribution >= 4 is 0 Å². The van der Waals surface area contributed by atoms with Gasteiger partial charge in [0.25, 0.3) is 0 Å². The molecule has 0 radical (unpaired) electrons. The molecule has 2 aromatic rings. The van der Waals surface area contributed by atoms with Crippen molar-refractivity contribution < 1.29 is 4.74 Å². The lowest BCUT2D eigenvalue weighted by Crippen LogP contribution is -1.94. The fourth-order valence-corrected chi connectivity index (χ4v) is 1.81. The third-order valence-electron chi connectivity index (χ3n) is 2.83. The summed E-state index contributed by atoms with van der Waals surface area (Å²) >= 11 is 0. The molecule has 3 nitrogen and oxygen atoms in total. The van der Waals surface area contributed by atoms with Gasteiger partial charge in [0, 0.05) is 11.3 Å². The molecule has 0 aliphatic carbocycles. The van der Waals surface area contributed by atoms with Crippen molar-refractivity contribution in [2.45, 2.75) is 13.3 Å². The summed E-state index contributed by atoms with van der Waals surface area (Å²) in [6.45, 7) is 1.93. The normalized spacial score (nSPS) is 9.83. The first-order chi connectivity index (χ1) is 8.74. The number of hydrogen-bond donors (Lipinski definition) is 0. The predicted octanol–water partition coefficient (Wildman–Crippen LogP) is 3.13. The maximum absolute atomic E-state index is 8.70. The zero-order valence-electron chi connectivity index (χ0n) is 10.5. The number of nitriles is 1. The zero-order valence-corrected chi connectivity index (χ0v) is 10.5. The molecule has 0 aliphatic heterocycles. The highest BCUT2D eigenvalue weighted by atomic mass is 16.5. The topological polar surface area (TPSA) is 45.9 Å². The molecule has 0 aliphatic rings. The molecular formula is C15H14N2O. The van der Waals surface area contributed by atoms with Gasteiger partial charge in [-0.25, -0.2) is 0 Å². The fraction of sp³-hybridized carbons (Fsp3) is 0.200. The molecule has 90 valence electrons. The number of benzene rings is 1. The van der Waals surface area contributed by atoms with Crippen LogP contribution in [0.15, 0.2) is 36.4 Å². The molecule has 0 saturated heterocycles. The van der Waals surface area contributed by atoms with E-state index in [1.165, 1.54) is 0 Å². The lowest BCUT2D eigenvalue weighted by atomic mass is 10.1. The van der Waals surface area contributed by atoms with Gasteiger partial charge in [0.15, 0.2) is 0 Å². The van der Waals surface area contributed by atoms with Crippen molar-refractivity contribution in [1.29, 1.82) is 5.26 Å². The molecule has 1 aromatic carbocycles. The first-order valence-electron chi connectivity index (χ1n) is 5.72. The van der Waals surface area contributed by atoms with Crippen LogP contribution in [0.3, 0.4) is 0 Å². The van der Waals surface area contributed by atoms with E-state index >= 15 is 0 Å².